The standard InChI is InChI=1S/C13H17ClN4O/c1-18-7-9(4-5-12(18)19)15-11-6-10(14)16-13(17-11)8-2-3-8/h6,8-9H,2-5,7H2,1H3,(H,15,16,17). The second-order valence-corrected chi connectivity index (χ2v) is 5.75. The Morgan fingerprint density at radius 2 is 2.16 bits per heavy atom. The molecule has 1 aromatic rings. The van der Waals surface area contributed by atoms with Crippen LogP contribution in [-0.2, 0) is 4.79 Å². The molecule has 0 aromatic carbocycles. The highest BCUT2D eigenvalue weighted by Gasteiger charge is 2.28. The Kier molecular flexibility index (Phi) is 3.31. The Morgan fingerprint density at radius 3 is 2.84 bits per heavy atom. The van der Waals surface area contributed by atoms with Crippen LogP contribution >= 0.6 is 11.6 Å². The predicted octanol–water partition coefficient (Wildman–Crippen LogP) is 2.04. The number of hydrogen-bond acceptors (Lipinski definition) is 4. The molecular formula is C13H17ClN4O. The van der Waals surface area contributed by atoms with Crippen molar-refractivity contribution < 1.29 is 4.79 Å². The summed E-state index contributed by atoms with van der Waals surface area (Å²) in [6.07, 6.45) is 3.73. The van der Waals surface area contributed by atoms with Crippen LogP contribution in [0, 0.1) is 0 Å². The molecule has 0 bridgehead atoms. The molecule has 2 aliphatic rings. The Hall–Kier alpha value is -1.36. The number of hydrogen-bond donors (Lipinski definition) is 1. The van der Waals surface area contributed by atoms with Gasteiger partial charge in [-0.15, -0.1) is 0 Å². The minimum atomic E-state index is 0.206. The summed E-state index contributed by atoms with van der Waals surface area (Å²) in [5.41, 5.74) is 0. The second-order valence-electron chi connectivity index (χ2n) is 5.36. The van der Waals surface area contributed by atoms with E-state index in [1.54, 1.807) is 11.0 Å². The van der Waals surface area contributed by atoms with Crippen molar-refractivity contribution in [3.63, 3.8) is 0 Å². The highest BCUT2D eigenvalue weighted by molar-refractivity contribution is 6.29. The number of likely N-dealkylation sites (N-methyl/N-ethyl adjacent to an activating group) is 1. The molecule has 2 heterocycles. The van der Waals surface area contributed by atoms with E-state index in [4.69, 9.17) is 11.6 Å². The molecule has 5 nitrogen and oxygen atoms in total. The van der Waals surface area contributed by atoms with Gasteiger partial charge in [-0.1, -0.05) is 11.6 Å². The number of amides is 1. The maximum absolute atomic E-state index is 11.4. The molecule has 1 saturated heterocycles. The van der Waals surface area contributed by atoms with Gasteiger partial charge in [0.15, 0.2) is 0 Å². The van der Waals surface area contributed by atoms with Crippen LogP contribution in [0.3, 0.4) is 0 Å². The summed E-state index contributed by atoms with van der Waals surface area (Å²) in [4.78, 5) is 22.0. The number of likely N-dealkylation sites (tertiary alicyclic amines) is 1. The van der Waals surface area contributed by atoms with Crippen LogP contribution in [0.25, 0.3) is 0 Å². The lowest BCUT2D eigenvalue weighted by atomic mass is 10.1. The molecule has 0 spiro atoms. The summed E-state index contributed by atoms with van der Waals surface area (Å²) in [5.74, 6) is 2.30. The summed E-state index contributed by atoms with van der Waals surface area (Å²) < 4.78 is 0. The quantitative estimate of drug-likeness (QED) is 0.861. The molecule has 1 atom stereocenters. The molecule has 0 radical (unpaired) electrons. The van der Waals surface area contributed by atoms with E-state index in [1.807, 2.05) is 7.05 Å². The average Bonchev–Trinajstić information content (AvgIpc) is 3.17. The van der Waals surface area contributed by atoms with Gasteiger partial charge in [-0.2, -0.15) is 0 Å². The van der Waals surface area contributed by atoms with E-state index in [0.717, 1.165) is 30.9 Å². The van der Waals surface area contributed by atoms with Crippen molar-refractivity contribution in [1.29, 1.82) is 0 Å². The molecule has 1 amide bonds. The molecule has 1 aliphatic heterocycles. The van der Waals surface area contributed by atoms with Crippen molar-refractivity contribution in [3.05, 3.63) is 17.0 Å². The zero-order chi connectivity index (χ0) is 13.4. The first-order chi connectivity index (χ1) is 9.11. The zero-order valence-electron chi connectivity index (χ0n) is 10.9. The summed E-state index contributed by atoms with van der Waals surface area (Å²) in [6, 6.07) is 1.99. The molecule has 1 N–H and O–H groups in total. The maximum atomic E-state index is 11.4. The van der Waals surface area contributed by atoms with Crippen molar-refractivity contribution in [1.82, 2.24) is 14.9 Å². The SMILES string of the molecule is CN1CC(Nc2cc(Cl)nc(C3CC3)n2)CCC1=O. The molecule has 19 heavy (non-hydrogen) atoms. The zero-order valence-corrected chi connectivity index (χ0v) is 11.7. The molecule has 1 saturated carbocycles. The van der Waals surface area contributed by atoms with Crippen LogP contribution in [0.15, 0.2) is 6.07 Å². The van der Waals surface area contributed by atoms with E-state index >= 15 is 0 Å². The van der Waals surface area contributed by atoms with Crippen molar-refractivity contribution in [2.75, 3.05) is 18.9 Å². The minimum absolute atomic E-state index is 0.206. The number of piperidine rings is 1. The Balaban J connectivity index is 1.70. The van der Waals surface area contributed by atoms with Gasteiger partial charge >= 0.3 is 0 Å². The third-order valence-electron chi connectivity index (χ3n) is 3.63. The topological polar surface area (TPSA) is 58.1 Å². The summed E-state index contributed by atoms with van der Waals surface area (Å²) in [5, 5.41) is 3.85. The van der Waals surface area contributed by atoms with Gasteiger partial charge in [0.25, 0.3) is 0 Å². The largest absolute Gasteiger partial charge is 0.365 e. The van der Waals surface area contributed by atoms with E-state index in [9.17, 15) is 4.79 Å². The highest BCUT2D eigenvalue weighted by atomic mass is 35.5. The van der Waals surface area contributed by atoms with Crippen LogP contribution in [0.1, 0.15) is 37.4 Å². The number of nitrogens with one attached hydrogen (secondary N) is 1. The molecular weight excluding hydrogens is 264 g/mol. The lowest BCUT2D eigenvalue weighted by Crippen LogP contribution is -2.43. The van der Waals surface area contributed by atoms with Crippen molar-refractivity contribution in [2.45, 2.75) is 37.6 Å². The van der Waals surface area contributed by atoms with Gasteiger partial charge in [-0.25, -0.2) is 9.97 Å². The fourth-order valence-electron chi connectivity index (χ4n) is 2.37. The second kappa shape index (κ2) is 4.96. The van der Waals surface area contributed by atoms with Gasteiger partial charge in [0.2, 0.25) is 5.91 Å². The normalized spacial score (nSPS) is 23.6. The smallest absolute Gasteiger partial charge is 0.222 e. The number of aromatic nitrogens is 2. The van der Waals surface area contributed by atoms with Gasteiger partial charge in [0, 0.05) is 38.0 Å². The average molecular weight is 281 g/mol. The fourth-order valence-corrected chi connectivity index (χ4v) is 2.56. The van der Waals surface area contributed by atoms with Gasteiger partial charge in [0.1, 0.15) is 16.8 Å². The Labute approximate surface area is 117 Å². The fraction of sp³-hybridized carbons (Fsp3) is 0.615. The van der Waals surface area contributed by atoms with Crippen LogP contribution in [0.2, 0.25) is 5.15 Å². The first kappa shape index (κ1) is 12.7. The van der Waals surface area contributed by atoms with Gasteiger partial charge in [0.05, 0.1) is 0 Å². The van der Waals surface area contributed by atoms with E-state index in [-0.39, 0.29) is 11.9 Å². The summed E-state index contributed by atoms with van der Waals surface area (Å²) in [6.45, 7) is 0.708. The van der Waals surface area contributed by atoms with E-state index < -0.39 is 0 Å². The first-order valence-electron chi connectivity index (χ1n) is 6.67. The minimum Gasteiger partial charge on any atom is -0.365 e. The lowest BCUT2D eigenvalue weighted by Gasteiger charge is -2.30. The van der Waals surface area contributed by atoms with E-state index in [0.29, 0.717) is 24.0 Å². The molecule has 2 fully saturated rings. The monoisotopic (exact) mass is 280 g/mol. The highest BCUT2D eigenvalue weighted by Crippen LogP contribution is 2.38. The van der Waals surface area contributed by atoms with E-state index in [1.165, 1.54) is 0 Å². The maximum Gasteiger partial charge on any atom is 0.222 e. The Morgan fingerprint density at radius 1 is 1.37 bits per heavy atom. The van der Waals surface area contributed by atoms with Gasteiger partial charge in [-0.05, 0) is 19.3 Å². The molecule has 3 rings (SSSR count). The molecule has 102 valence electrons. The number of halogens is 1. The first-order valence-corrected chi connectivity index (χ1v) is 7.04. The molecule has 1 unspecified atom stereocenters. The third-order valence-corrected chi connectivity index (χ3v) is 3.83. The number of rotatable bonds is 3. The van der Waals surface area contributed by atoms with Gasteiger partial charge < -0.3 is 10.2 Å². The van der Waals surface area contributed by atoms with Crippen LogP contribution in [0.5, 0.6) is 0 Å². The summed E-state index contributed by atoms with van der Waals surface area (Å²) >= 11 is 6.04. The molecule has 1 aliphatic carbocycles. The molecule has 1 aromatic heterocycles. The van der Waals surface area contributed by atoms with Crippen molar-refractivity contribution in [3.8, 4) is 0 Å². The van der Waals surface area contributed by atoms with Crippen LogP contribution in [-0.4, -0.2) is 40.4 Å². The van der Waals surface area contributed by atoms with Crippen molar-refractivity contribution in [2.24, 2.45) is 0 Å². The summed E-state index contributed by atoms with van der Waals surface area (Å²) in [7, 11) is 1.83. The lowest BCUT2D eigenvalue weighted by molar-refractivity contribution is -0.132. The third kappa shape index (κ3) is 2.97. The predicted molar refractivity (Wildman–Crippen MR) is 73.3 cm³/mol. The number of anilines is 1. The number of carbonyl (C=O) groups excluding carboxylic acids is 1. The van der Waals surface area contributed by atoms with Crippen LogP contribution in [0.4, 0.5) is 5.82 Å². The molecule has 6 heteroatoms. The van der Waals surface area contributed by atoms with Crippen molar-refractivity contribution >= 4 is 23.3 Å². The van der Waals surface area contributed by atoms with Crippen LogP contribution < -0.4 is 5.32 Å². The number of nitrogens with zero attached hydrogens (tertiary/aromatic N) is 3. The number of carbonyl (C=O) groups is 1. The van der Waals surface area contributed by atoms with Gasteiger partial charge in [-0.3, -0.25) is 4.79 Å². The van der Waals surface area contributed by atoms with E-state index in [2.05, 4.69) is 15.3 Å². The Bertz CT molecular complexity index is 503.